The van der Waals surface area contributed by atoms with Crippen LogP contribution < -0.4 is 10.9 Å². The highest BCUT2D eigenvalue weighted by molar-refractivity contribution is 5.78. The molecule has 19 heavy (non-hydrogen) atoms. The first-order valence-corrected chi connectivity index (χ1v) is 6.82. The Morgan fingerprint density at radius 2 is 2.16 bits per heavy atom. The molecular formula is C16H18N2O. The number of hydrogen-bond donors (Lipinski definition) is 2. The summed E-state index contributed by atoms with van der Waals surface area (Å²) in [6.07, 6.45) is 7.78. The summed E-state index contributed by atoms with van der Waals surface area (Å²) in [4.78, 5) is 14.9. The molecule has 0 radical (unpaired) electrons. The zero-order chi connectivity index (χ0) is 13.1. The Hall–Kier alpha value is -1.87. The van der Waals surface area contributed by atoms with E-state index in [9.17, 15) is 4.79 Å². The number of aromatic nitrogens is 1. The summed E-state index contributed by atoms with van der Waals surface area (Å²) in [5, 5.41) is 4.56. The van der Waals surface area contributed by atoms with E-state index in [0.29, 0.717) is 12.6 Å². The lowest BCUT2D eigenvalue weighted by atomic mass is 10.0. The van der Waals surface area contributed by atoms with E-state index in [4.69, 9.17) is 0 Å². The first-order valence-electron chi connectivity index (χ1n) is 6.82. The molecule has 0 saturated heterocycles. The van der Waals surface area contributed by atoms with E-state index < -0.39 is 0 Å². The Balaban J connectivity index is 1.78. The monoisotopic (exact) mass is 254 g/mol. The molecule has 3 rings (SSSR count). The Morgan fingerprint density at radius 1 is 1.26 bits per heavy atom. The van der Waals surface area contributed by atoms with Crippen molar-refractivity contribution in [3.8, 4) is 0 Å². The van der Waals surface area contributed by atoms with Crippen LogP contribution in [0.25, 0.3) is 10.9 Å². The first-order chi connectivity index (χ1) is 9.33. The summed E-state index contributed by atoms with van der Waals surface area (Å²) in [7, 11) is 0. The van der Waals surface area contributed by atoms with Crippen molar-refractivity contribution in [3.63, 3.8) is 0 Å². The molecule has 1 aliphatic rings. The van der Waals surface area contributed by atoms with Crippen LogP contribution in [-0.4, -0.2) is 11.0 Å². The molecule has 1 aromatic carbocycles. The van der Waals surface area contributed by atoms with Crippen molar-refractivity contribution < 1.29 is 0 Å². The lowest BCUT2D eigenvalue weighted by molar-refractivity contribution is 0.473. The topological polar surface area (TPSA) is 44.9 Å². The van der Waals surface area contributed by atoms with E-state index in [1.807, 2.05) is 30.3 Å². The maximum absolute atomic E-state index is 12.0. The van der Waals surface area contributed by atoms with Gasteiger partial charge in [-0.15, -0.1) is 0 Å². The van der Waals surface area contributed by atoms with Crippen LogP contribution >= 0.6 is 0 Å². The number of nitrogens with one attached hydrogen (secondary N) is 2. The van der Waals surface area contributed by atoms with Crippen LogP contribution in [0.5, 0.6) is 0 Å². The lowest BCUT2D eigenvalue weighted by Crippen LogP contribution is -2.31. The van der Waals surface area contributed by atoms with Gasteiger partial charge in [0.25, 0.3) is 5.56 Å². The van der Waals surface area contributed by atoms with Crippen molar-refractivity contribution in [2.75, 3.05) is 0 Å². The molecule has 2 aromatic rings. The van der Waals surface area contributed by atoms with Crippen LogP contribution in [0, 0.1) is 0 Å². The van der Waals surface area contributed by atoms with E-state index >= 15 is 0 Å². The van der Waals surface area contributed by atoms with Gasteiger partial charge in [0.2, 0.25) is 0 Å². The molecule has 1 heterocycles. The maximum Gasteiger partial charge on any atom is 0.252 e. The molecule has 0 saturated carbocycles. The fraction of sp³-hybridized carbons (Fsp3) is 0.312. The van der Waals surface area contributed by atoms with Crippen LogP contribution in [-0.2, 0) is 6.54 Å². The van der Waals surface area contributed by atoms with Crippen molar-refractivity contribution in [3.05, 3.63) is 58.4 Å². The van der Waals surface area contributed by atoms with Gasteiger partial charge in [-0.1, -0.05) is 30.4 Å². The van der Waals surface area contributed by atoms with Gasteiger partial charge in [0.05, 0.1) is 0 Å². The second kappa shape index (κ2) is 5.41. The number of benzene rings is 1. The van der Waals surface area contributed by atoms with Gasteiger partial charge in [0.15, 0.2) is 0 Å². The maximum atomic E-state index is 12.0. The van der Waals surface area contributed by atoms with Gasteiger partial charge in [-0.3, -0.25) is 4.79 Å². The smallest absolute Gasteiger partial charge is 0.252 e. The zero-order valence-corrected chi connectivity index (χ0v) is 10.9. The molecule has 0 fully saturated rings. The summed E-state index contributed by atoms with van der Waals surface area (Å²) in [6, 6.07) is 10.4. The van der Waals surface area contributed by atoms with Gasteiger partial charge in [-0.25, -0.2) is 0 Å². The van der Waals surface area contributed by atoms with Gasteiger partial charge in [-0.2, -0.15) is 0 Å². The predicted molar refractivity (Wildman–Crippen MR) is 78.2 cm³/mol. The van der Waals surface area contributed by atoms with Gasteiger partial charge >= 0.3 is 0 Å². The molecule has 0 aliphatic heterocycles. The number of pyridine rings is 1. The number of fused-ring (bicyclic) bond motifs is 1. The number of allylic oxidation sites excluding steroid dienone is 1. The fourth-order valence-electron chi connectivity index (χ4n) is 2.56. The molecule has 1 atom stereocenters. The van der Waals surface area contributed by atoms with Crippen molar-refractivity contribution in [1.82, 2.24) is 10.3 Å². The highest BCUT2D eigenvalue weighted by Crippen LogP contribution is 2.13. The summed E-state index contributed by atoms with van der Waals surface area (Å²) in [5.74, 6) is 0. The van der Waals surface area contributed by atoms with Crippen molar-refractivity contribution >= 4 is 10.9 Å². The van der Waals surface area contributed by atoms with E-state index in [1.54, 1.807) is 0 Å². The number of H-pyrrole nitrogens is 1. The standard InChI is InChI=1S/C16H18N2O/c19-16-13(11-17-14-7-2-1-3-8-14)10-12-6-4-5-9-15(12)18-16/h1-2,4-6,9-10,14,17H,3,7-8,11H2,(H,18,19). The molecule has 1 aliphatic carbocycles. The summed E-state index contributed by atoms with van der Waals surface area (Å²) in [6.45, 7) is 0.638. The minimum Gasteiger partial charge on any atom is -0.322 e. The fourth-order valence-corrected chi connectivity index (χ4v) is 2.56. The molecule has 98 valence electrons. The van der Waals surface area contributed by atoms with Crippen molar-refractivity contribution in [2.45, 2.75) is 31.8 Å². The summed E-state index contributed by atoms with van der Waals surface area (Å²) < 4.78 is 0. The highest BCUT2D eigenvalue weighted by Gasteiger charge is 2.10. The summed E-state index contributed by atoms with van der Waals surface area (Å²) in [5.41, 5.74) is 1.72. The molecule has 3 nitrogen and oxygen atoms in total. The highest BCUT2D eigenvalue weighted by atomic mass is 16.1. The van der Waals surface area contributed by atoms with Gasteiger partial charge in [-0.05, 0) is 36.8 Å². The Morgan fingerprint density at radius 3 is 3.00 bits per heavy atom. The number of para-hydroxylation sites is 1. The Kier molecular flexibility index (Phi) is 3.47. The van der Waals surface area contributed by atoms with E-state index in [-0.39, 0.29) is 5.56 Å². The number of rotatable bonds is 3. The molecule has 0 amide bonds. The molecule has 3 heteroatoms. The SMILES string of the molecule is O=c1[nH]c2ccccc2cc1CNC1CC=CCC1. The largest absolute Gasteiger partial charge is 0.322 e. The second-order valence-electron chi connectivity index (χ2n) is 5.07. The predicted octanol–water partition coefficient (Wildman–Crippen LogP) is 2.73. The molecule has 1 unspecified atom stereocenters. The van der Waals surface area contributed by atoms with Gasteiger partial charge < -0.3 is 10.3 Å². The third-order valence-corrected chi connectivity index (χ3v) is 3.68. The minimum atomic E-state index is 0.0116. The first kappa shape index (κ1) is 12.2. The Labute approximate surface area is 112 Å². The van der Waals surface area contributed by atoms with Crippen LogP contribution in [0.3, 0.4) is 0 Å². The van der Waals surface area contributed by atoms with Crippen LogP contribution in [0.4, 0.5) is 0 Å². The number of aromatic amines is 1. The zero-order valence-electron chi connectivity index (χ0n) is 10.9. The quantitative estimate of drug-likeness (QED) is 0.827. The van der Waals surface area contributed by atoms with Crippen molar-refractivity contribution in [2.24, 2.45) is 0 Å². The molecular weight excluding hydrogens is 236 g/mol. The molecule has 0 spiro atoms. The van der Waals surface area contributed by atoms with E-state index in [0.717, 1.165) is 35.7 Å². The van der Waals surface area contributed by atoms with Crippen molar-refractivity contribution in [1.29, 1.82) is 0 Å². The second-order valence-corrected chi connectivity index (χ2v) is 5.07. The summed E-state index contributed by atoms with van der Waals surface area (Å²) >= 11 is 0. The molecule has 1 aromatic heterocycles. The molecule has 0 bridgehead atoms. The van der Waals surface area contributed by atoms with Crippen LogP contribution in [0.1, 0.15) is 24.8 Å². The van der Waals surface area contributed by atoms with E-state index in [1.165, 1.54) is 0 Å². The van der Waals surface area contributed by atoms with Crippen LogP contribution in [0.15, 0.2) is 47.3 Å². The lowest BCUT2D eigenvalue weighted by Gasteiger charge is -2.19. The Bertz CT molecular complexity index is 657. The third-order valence-electron chi connectivity index (χ3n) is 3.68. The average molecular weight is 254 g/mol. The third kappa shape index (κ3) is 2.76. The van der Waals surface area contributed by atoms with Gasteiger partial charge in [0, 0.05) is 23.7 Å². The molecule has 2 N–H and O–H groups in total. The van der Waals surface area contributed by atoms with Crippen LogP contribution in [0.2, 0.25) is 0 Å². The minimum absolute atomic E-state index is 0.0116. The number of hydrogen-bond acceptors (Lipinski definition) is 2. The normalized spacial score (nSPS) is 18.8. The van der Waals surface area contributed by atoms with Gasteiger partial charge in [0.1, 0.15) is 0 Å². The average Bonchev–Trinajstić information content (AvgIpc) is 2.46. The van der Waals surface area contributed by atoms with E-state index in [2.05, 4.69) is 22.5 Å².